The number of nitrogens with zero attached hydrogens (tertiary/aromatic N) is 1. The Morgan fingerprint density at radius 3 is 2.24 bits per heavy atom. The summed E-state index contributed by atoms with van der Waals surface area (Å²) in [5.41, 5.74) is 8.62. The van der Waals surface area contributed by atoms with Crippen LogP contribution in [0.1, 0.15) is 0 Å². The van der Waals surface area contributed by atoms with Crippen LogP contribution in [0.15, 0.2) is 57.5 Å². The molecule has 0 aliphatic heterocycles. The molecule has 0 fully saturated rings. The molecular weight excluding hydrogens is 332 g/mol. The summed E-state index contributed by atoms with van der Waals surface area (Å²) in [6.45, 7) is 0. The molecule has 3 rings (SSSR count). The lowest BCUT2D eigenvalue weighted by Gasteiger charge is -2.04. The lowest BCUT2D eigenvalue weighted by molar-refractivity contribution is 0.414. The van der Waals surface area contributed by atoms with E-state index >= 15 is 0 Å². The zero-order valence-corrected chi connectivity index (χ0v) is 12.9. The highest BCUT2D eigenvalue weighted by Crippen LogP contribution is 2.37. The number of aromatic nitrogens is 1. The van der Waals surface area contributed by atoms with E-state index in [2.05, 4.69) is 21.1 Å². The summed E-state index contributed by atoms with van der Waals surface area (Å²) in [7, 11) is 1.63. The van der Waals surface area contributed by atoms with Crippen molar-refractivity contribution in [3.05, 3.63) is 53.0 Å². The predicted molar refractivity (Wildman–Crippen MR) is 86.0 cm³/mol. The van der Waals surface area contributed by atoms with Gasteiger partial charge in [0, 0.05) is 10.0 Å². The van der Waals surface area contributed by atoms with Gasteiger partial charge in [-0.25, -0.2) is 0 Å². The first-order valence-electron chi connectivity index (χ1n) is 6.34. The smallest absolute Gasteiger partial charge is 0.176 e. The third-order valence-electron chi connectivity index (χ3n) is 3.20. The number of ether oxygens (including phenoxy) is 1. The third kappa shape index (κ3) is 2.64. The van der Waals surface area contributed by atoms with Crippen molar-refractivity contribution >= 4 is 21.7 Å². The molecule has 0 aliphatic rings. The van der Waals surface area contributed by atoms with Gasteiger partial charge in [-0.3, -0.25) is 0 Å². The first-order chi connectivity index (χ1) is 10.2. The van der Waals surface area contributed by atoms with Crippen molar-refractivity contribution < 1.29 is 9.26 Å². The largest absolute Gasteiger partial charge is 0.497 e. The average molecular weight is 345 g/mol. The van der Waals surface area contributed by atoms with Crippen LogP contribution in [0.25, 0.3) is 22.5 Å². The maximum Gasteiger partial charge on any atom is 0.176 e. The molecule has 1 heterocycles. The number of benzene rings is 2. The molecule has 1 aromatic heterocycles. The Hall–Kier alpha value is -2.27. The minimum atomic E-state index is 0.378. The van der Waals surface area contributed by atoms with Crippen LogP contribution in [-0.2, 0) is 0 Å². The highest BCUT2D eigenvalue weighted by Gasteiger charge is 2.17. The molecule has 2 N–H and O–H groups in total. The summed E-state index contributed by atoms with van der Waals surface area (Å²) >= 11 is 3.42. The number of methoxy groups -OCH3 is 1. The summed E-state index contributed by atoms with van der Waals surface area (Å²) < 4.78 is 11.6. The quantitative estimate of drug-likeness (QED) is 0.766. The fourth-order valence-corrected chi connectivity index (χ4v) is 2.40. The maximum absolute atomic E-state index is 5.96. The van der Waals surface area contributed by atoms with Gasteiger partial charge < -0.3 is 15.0 Å². The number of hydrogen-bond donors (Lipinski definition) is 1. The molecule has 4 nitrogen and oxygen atoms in total. The van der Waals surface area contributed by atoms with Crippen LogP contribution in [0.2, 0.25) is 0 Å². The van der Waals surface area contributed by atoms with Crippen LogP contribution in [0.3, 0.4) is 0 Å². The van der Waals surface area contributed by atoms with Crippen molar-refractivity contribution in [1.82, 2.24) is 5.16 Å². The number of anilines is 1. The summed E-state index contributed by atoms with van der Waals surface area (Å²) in [6, 6.07) is 15.4. The molecule has 0 radical (unpaired) electrons. The average Bonchev–Trinajstić information content (AvgIpc) is 2.90. The molecular formula is C16H13BrN2O2. The highest BCUT2D eigenvalue weighted by atomic mass is 79.9. The van der Waals surface area contributed by atoms with Gasteiger partial charge in [0.2, 0.25) is 0 Å². The minimum Gasteiger partial charge on any atom is -0.497 e. The Balaban J connectivity index is 2.09. The molecule has 0 atom stereocenters. The van der Waals surface area contributed by atoms with Gasteiger partial charge in [0.05, 0.1) is 12.7 Å². The van der Waals surface area contributed by atoms with Gasteiger partial charge in [0.1, 0.15) is 5.75 Å². The van der Waals surface area contributed by atoms with E-state index in [1.807, 2.05) is 48.5 Å². The zero-order valence-electron chi connectivity index (χ0n) is 11.3. The van der Waals surface area contributed by atoms with E-state index in [1.165, 1.54) is 0 Å². The van der Waals surface area contributed by atoms with Gasteiger partial charge in [0.25, 0.3) is 0 Å². The van der Waals surface area contributed by atoms with Crippen molar-refractivity contribution in [3.8, 4) is 28.2 Å². The van der Waals surface area contributed by atoms with Crippen LogP contribution in [0, 0.1) is 0 Å². The van der Waals surface area contributed by atoms with Crippen LogP contribution < -0.4 is 10.5 Å². The monoisotopic (exact) mass is 344 g/mol. The Bertz CT molecular complexity index is 749. The Kier molecular flexibility index (Phi) is 3.66. The number of hydrogen-bond acceptors (Lipinski definition) is 4. The second kappa shape index (κ2) is 5.61. The summed E-state index contributed by atoms with van der Waals surface area (Å²) in [4.78, 5) is 0. The van der Waals surface area contributed by atoms with Crippen LogP contribution in [0.4, 0.5) is 5.82 Å². The third-order valence-corrected chi connectivity index (χ3v) is 3.73. The molecule has 2 aromatic carbocycles. The number of nitrogens with two attached hydrogens (primary N) is 1. The molecule has 0 bridgehead atoms. The Morgan fingerprint density at radius 2 is 1.62 bits per heavy atom. The number of halogens is 1. The van der Waals surface area contributed by atoms with Crippen molar-refractivity contribution in [1.29, 1.82) is 0 Å². The minimum absolute atomic E-state index is 0.378. The summed E-state index contributed by atoms with van der Waals surface area (Å²) in [5, 5.41) is 3.89. The molecule has 3 aromatic rings. The topological polar surface area (TPSA) is 61.3 Å². The summed E-state index contributed by atoms with van der Waals surface area (Å²) in [5.74, 6) is 1.82. The van der Waals surface area contributed by atoms with Gasteiger partial charge in [-0.15, -0.1) is 0 Å². The van der Waals surface area contributed by atoms with Crippen LogP contribution in [0.5, 0.6) is 5.75 Å². The van der Waals surface area contributed by atoms with E-state index in [0.717, 1.165) is 26.9 Å². The van der Waals surface area contributed by atoms with E-state index in [9.17, 15) is 0 Å². The van der Waals surface area contributed by atoms with E-state index in [1.54, 1.807) is 7.11 Å². The molecule has 106 valence electrons. The highest BCUT2D eigenvalue weighted by molar-refractivity contribution is 9.10. The molecule has 0 amide bonds. The first-order valence-corrected chi connectivity index (χ1v) is 7.14. The second-order valence-corrected chi connectivity index (χ2v) is 5.42. The van der Waals surface area contributed by atoms with Crippen molar-refractivity contribution in [2.75, 3.05) is 12.8 Å². The Labute approximate surface area is 130 Å². The molecule has 21 heavy (non-hydrogen) atoms. The van der Waals surface area contributed by atoms with Crippen LogP contribution in [-0.4, -0.2) is 12.3 Å². The first kappa shape index (κ1) is 13.7. The number of nitrogen functional groups attached to an aromatic ring is 1. The van der Waals surface area contributed by atoms with Crippen molar-refractivity contribution in [2.24, 2.45) is 0 Å². The lowest BCUT2D eigenvalue weighted by Crippen LogP contribution is -1.89. The molecule has 0 spiro atoms. The normalized spacial score (nSPS) is 10.6. The maximum atomic E-state index is 5.96. The van der Waals surface area contributed by atoms with Crippen molar-refractivity contribution in [3.63, 3.8) is 0 Å². The standard InChI is InChI=1S/C16H13BrN2O2/c1-20-13-8-4-11(5-9-13)15-14(16(18)19-21-15)10-2-6-12(17)7-3-10/h2-9H,1H3,(H2,18,19). The molecule has 5 heteroatoms. The van der Waals surface area contributed by atoms with E-state index in [0.29, 0.717) is 11.6 Å². The van der Waals surface area contributed by atoms with Crippen molar-refractivity contribution in [2.45, 2.75) is 0 Å². The van der Waals surface area contributed by atoms with E-state index in [4.69, 9.17) is 15.0 Å². The molecule has 0 unspecified atom stereocenters. The fraction of sp³-hybridized carbons (Fsp3) is 0.0625. The summed E-state index contributed by atoms with van der Waals surface area (Å²) in [6.07, 6.45) is 0. The second-order valence-electron chi connectivity index (χ2n) is 4.51. The molecule has 0 saturated carbocycles. The van der Waals surface area contributed by atoms with Gasteiger partial charge in [-0.1, -0.05) is 33.2 Å². The van der Waals surface area contributed by atoms with Gasteiger partial charge in [-0.05, 0) is 42.0 Å². The van der Waals surface area contributed by atoms with Gasteiger partial charge >= 0.3 is 0 Å². The number of rotatable bonds is 3. The van der Waals surface area contributed by atoms with Gasteiger partial charge in [0.15, 0.2) is 11.6 Å². The van der Waals surface area contributed by atoms with Gasteiger partial charge in [-0.2, -0.15) is 0 Å². The zero-order chi connectivity index (χ0) is 14.8. The predicted octanol–water partition coefficient (Wildman–Crippen LogP) is 4.36. The Morgan fingerprint density at radius 1 is 1.00 bits per heavy atom. The lowest BCUT2D eigenvalue weighted by atomic mass is 10.0. The fourth-order valence-electron chi connectivity index (χ4n) is 2.14. The molecule has 0 saturated heterocycles. The van der Waals surface area contributed by atoms with E-state index < -0.39 is 0 Å². The SMILES string of the molecule is COc1ccc(-c2onc(N)c2-c2ccc(Br)cc2)cc1. The van der Waals surface area contributed by atoms with Crippen LogP contribution >= 0.6 is 15.9 Å². The van der Waals surface area contributed by atoms with E-state index in [-0.39, 0.29) is 0 Å². The molecule has 0 aliphatic carbocycles.